The molecule has 26 heavy (non-hydrogen) atoms. The van der Waals surface area contributed by atoms with Crippen molar-refractivity contribution in [3.63, 3.8) is 0 Å². The van der Waals surface area contributed by atoms with E-state index in [1.807, 2.05) is 43.0 Å². The fourth-order valence-electron chi connectivity index (χ4n) is 2.84. The van der Waals surface area contributed by atoms with Crippen molar-refractivity contribution in [1.29, 1.82) is 0 Å². The monoisotopic (exact) mass is 495 g/mol. The smallest absolute Gasteiger partial charge is 0.193 e. The number of rotatable bonds is 4. The molecule has 1 N–H and O–H groups in total. The van der Waals surface area contributed by atoms with Crippen LogP contribution in [0.5, 0.6) is 5.75 Å². The van der Waals surface area contributed by atoms with Crippen LogP contribution in [0, 0.1) is 6.92 Å². The summed E-state index contributed by atoms with van der Waals surface area (Å²) in [6, 6.07) is 7.92. The number of guanidine groups is 1. The molecule has 1 fully saturated rings. The Morgan fingerprint density at radius 2 is 2.04 bits per heavy atom. The lowest BCUT2D eigenvalue weighted by molar-refractivity contribution is 0.220. The van der Waals surface area contributed by atoms with Crippen molar-refractivity contribution in [2.75, 3.05) is 32.4 Å². The molecule has 1 aromatic carbocycles. The minimum atomic E-state index is -3.06. The van der Waals surface area contributed by atoms with Crippen molar-refractivity contribution in [3.8, 4) is 5.75 Å². The number of aryl methyl sites for hydroxylation is 1. The third-order valence-corrected chi connectivity index (χ3v) is 7.06. The zero-order valence-corrected chi connectivity index (χ0v) is 19.3. The molecule has 1 unspecified atom stereocenters. The van der Waals surface area contributed by atoms with Crippen molar-refractivity contribution in [3.05, 3.63) is 29.8 Å². The number of ether oxygens (including phenoxy) is 1. The van der Waals surface area contributed by atoms with Gasteiger partial charge >= 0.3 is 0 Å². The van der Waals surface area contributed by atoms with Crippen LogP contribution in [-0.2, 0) is 9.84 Å². The maximum atomic E-state index is 12.2. The number of nitrogens with zero attached hydrogens (tertiary/aromatic N) is 2. The number of aliphatic imine (C=N–C) groups is 1. The number of nitrogens with one attached hydrogen (secondary N) is 1. The average Bonchev–Trinajstić information content (AvgIpc) is 2.53. The minimum absolute atomic E-state index is 0. The van der Waals surface area contributed by atoms with Gasteiger partial charge in [-0.15, -0.1) is 24.0 Å². The summed E-state index contributed by atoms with van der Waals surface area (Å²) in [6.45, 7) is 9.03. The normalized spacial score (nSPS) is 20.0. The number of benzene rings is 1. The summed E-state index contributed by atoms with van der Waals surface area (Å²) in [5.41, 5.74) is 1.10. The Kier molecular flexibility index (Phi) is 8.19. The molecule has 1 aliphatic rings. The molecule has 0 radical (unpaired) electrons. The quantitative estimate of drug-likeness (QED) is 0.395. The van der Waals surface area contributed by atoms with Gasteiger partial charge in [0.1, 0.15) is 11.9 Å². The molecule has 0 bridgehead atoms. The highest BCUT2D eigenvalue weighted by atomic mass is 127. The van der Waals surface area contributed by atoms with Crippen molar-refractivity contribution in [1.82, 2.24) is 10.2 Å². The van der Waals surface area contributed by atoms with E-state index in [1.165, 1.54) is 0 Å². The molecule has 0 aromatic heterocycles. The zero-order valence-electron chi connectivity index (χ0n) is 16.2. The van der Waals surface area contributed by atoms with Crippen LogP contribution in [0.3, 0.4) is 0 Å². The van der Waals surface area contributed by atoms with Crippen LogP contribution >= 0.6 is 24.0 Å². The molecule has 1 saturated heterocycles. The number of sulfone groups is 1. The molecule has 0 saturated carbocycles. The molecule has 1 heterocycles. The average molecular weight is 495 g/mol. The van der Waals surface area contributed by atoms with E-state index < -0.39 is 14.6 Å². The first kappa shape index (κ1) is 23.0. The van der Waals surface area contributed by atoms with Gasteiger partial charge in [0.25, 0.3) is 0 Å². The van der Waals surface area contributed by atoms with Crippen LogP contribution < -0.4 is 10.1 Å². The van der Waals surface area contributed by atoms with Crippen LogP contribution in [0.1, 0.15) is 26.3 Å². The van der Waals surface area contributed by atoms with E-state index in [-0.39, 0.29) is 35.8 Å². The fraction of sp³-hybridized carbons (Fsp3) is 0.611. The van der Waals surface area contributed by atoms with E-state index in [1.54, 1.807) is 20.9 Å². The molecule has 6 nitrogen and oxygen atoms in total. The molecule has 2 rings (SSSR count). The summed E-state index contributed by atoms with van der Waals surface area (Å²) < 4.78 is 29.5. The van der Waals surface area contributed by atoms with Gasteiger partial charge in [0.15, 0.2) is 15.8 Å². The highest BCUT2D eigenvalue weighted by molar-refractivity contribution is 14.0. The van der Waals surface area contributed by atoms with Crippen LogP contribution in [0.25, 0.3) is 0 Å². The van der Waals surface area contributed by atoms with Gasteiger partial charge in [0.2, 0.25) is 0 Å². The molecule has 1 aliphatic heterocycles. The van der Waals surface area contributed by atoms with E-state index >= 15 is 0 Å². The van der Waals surface area contributed by atoms with E-state index in [0.29, 0.717) is 25.6 Å². The fourth-order valence-corrected chi connectivity index (χ4v) is 4.20. The second kappa shape index (κ2) is 9.25. The molecule has 1 atom stereocenters. The van der Waals surface area contributed by atoms with Crippen LogP contribution in [0.4, 0.5) is 0 Å². The van der Waals surface area contributed by atoms with Gasteiger partial charge in [0, 0.05) is 20.1 Å². The first-order valence-electron chi connectivity index (χ1n) is 8.56. The number of hydrogen-bond donors (Lipinski definition) is 1. The lowest BCUT2D eigenvalue weighted by Crippen LogP contribution is -2.57. The van der Waals surface area contributed by atoms with Gasteiger partial charge in [-0.05, 0) is 39.3 Å². The van der Waals surface area contributed by atoms with Gasteiger partial charge in [-0.1, -0.05) is 18.2 Å². The van der Waals surface area contributed by atoms with E-state index in [4.69, 9.17) is 4.74 Å². The number of para-hydroxylation sites is 1. The highest BCUT2D eigenvalue weighted by Crippen LogP contribution is 2.23. The van der Waals surface area contributed by atoms with Gasteiger partial charge in [-0.2, -0.15) is 0 Å². The third-order valence-electron chi connectivity index (χ3n) is 4.52. The van der Waals surface area contributed by atoms with Crippen molar-refractivity contribution >= 4 is 39.8 Å². The third kappa shape index (κ3) is 5.48. The summed E-state index contributed by atoms with van der Waals surface area (Å²) in [5.74, 6) is 1.73. The Morgan fingerprint density at radius 3 is 2.62 bits per heavy atom. The summed E-state index contributed by atoms with van der Waals surface area (Å²) >= 11 is 0. The summed E-state index contributed by atoms with van der Waals surface area (Å²) in [6.07, 6.45) is -0.0422. The molecular weight excluding hydrogens is 465 g/mol. The second-order valence-corrected chi connectivity index (χ2v) is 9.87. The van der Waals surface area contributed by atoms with Gasteiger partial charge in [0.05, 0.1) is 17.0 Å². The largest absolute Gasteiger partial charge is 0.489 e. The van der Waals surface area contributed by atoms with Crippen LogP contribution in [0.15, 0.2) is 29.3 Å². The molecular formula is C18H30IN3O3S. The van der Waals surface area contributed by atoms with Crippen molar-refractivity contribution < 1.29 is 13.2 Å². The standard InChI is InChI=1S/C18H29N3O3S.HI/c1-14-8-6-7-9-16(14)24-15(2)12-20-17(19-5)21-10-11-25(22,23)18(3,4)13-21;/h6-9,15H,10-13H2,1-5H3,(H,19,20);1H. The predicted octanol–water partition coefficient (Wildman–Crippen LogP) is 2.46. The Bertz CT molecular complexity index is 735. The highest BCUT2D eigenvalue weighted by Gasteiger charge is 2.40. The molecule has 148 valence electrons. The topological polar surface area (TPSA) is 71.0 Å². The van der Waals surface area contributed by atoms with Gasteiger partial charge in [-0.3, -0.25) is 4.99 Å². The molecule has 0 amide bonds. The van der Waals surface area contributed by atoms with Gasteiger partial charge < -0.3 is 15.0 Å². The summed E-state index contributed by atoms with van der Waals surface area (Å²) in [5, 5.41) is 3.30. The van der Waals surface area contributed by atoms with E-state index in [2.05, 4.69) is 10.3 Å². The van der Waals surface area contributed by atoms with E-state index in [0.717, 1.165) is 11.3 Å². The maximum absolute atomic E-state index is 12.2. The van der Waals surface area contributed by atoms with Crippen molar-refractivity contribution in [2.24, 2.45) is 4.99 Å². The first-order valence-corrected chi connectivity index (χ1v) is 10.2. The molecule has 0 spiro atoms. The SMILES string of the molecule is CN=C(NCC(C)Oc1ccccc1C)N1CCS(=O)(=O)C(C)(C)C1.I. The molecule has 1 aromatic rings. The summed E-state index contributed by atoms with van der Waals surface area (Å²) in [7, 11) is -1.35. The minimum Gasteiger partial charge on any atom is -0.489 e. The van der Waals surface area contributed by atoms with Gasteiger partial charge in [-0.25, -0.2) is 8.42 Å². The Morgan fingerprint density at radius 1 is 1.38 bits per heavy atom. The van der Waals surface area contributed by atoms with E-state index in [9.17, 15) is 8.42 Å². The van der Waals surface area contributed by atoms with Crippen LogP contribution in [-0.4, -0.2) is 62.6 Å². The van der Waals surface area contributed by atoms with Crippen LogP contribution in [0.2, 0.25) is 0 Å². The maximum Gasteiger partial charge on any atom is 0.193 e. The lowest BCUT2D eigenvalue weighted by Gasteiger charge is -2.39. The Labute approximate surface area is 174 Å². The summed E-state index contributed by atoms with van der Waals surface area (Å²) in [4.78, 5) is 6.30. The second-order valence-electron chi connectivity index (χ2n) is 7.12. The lowest BCUT2D eigenvalue weighted by atomic mass is 10.2. The Hall–Kier alpha value is -1.03. The zero-order chi connectivity index (χ0) is 18.7. The Balaban J connectivity index is 0.00000338. The number of hydrogen-bond acceptors (Lipinski definition) is 4. The first-order chi connectivity index (χ1) is 11.7. The van der Waals surface area contributed by atoms with Crippen molar-refractivity contribution in [2.45, 2.75) is 38.5 Å². The number of halogens is 1. The molecule has 8 heteroatoms. The predicted molar refractivity (Wildman–Crippen MR) is 117 cm³/mol. The molecule has 0 aliphatic carbocycles.